The lowest BCUT2D eigenvalue weighted by Crippen LogP contribution is -2.41. The Morgan fingerprint density at radius 3 is 2.36 bits per heavy atom. The third-order valence-electron chi connectivity index (χ3n) is 3.32. The molecule has 122 valence electrons. The normalized spacial score (nSPS) is 10.4. The minimum absolute atomic E-state index is 0.0143. The lowest BCUT2D eigenvalue weighted by Gasteiger charge is -2.23. The minimum atomic E-state index is -0.0277. The maximum Gasteiger partial charge on any atom is 0.242 e. The van der Waals surface area contributed by atoms with Crippen molar-refractivity contribution < 1.29 is 9.59 Å². The molecule has 0 bridgehead atoms. The van der Waals surface area contributed by atoms with Crippen LogP contribution in [0.15, 0.2) is 29.2 Å². The van der Waals surface area contributed by atoms with Crippen LogP contribution in [0.2, 0.25) is 5.02 Å². The van der Waals surface area contributed by atoms with Gasteiger partial charge in [0.25, 0.3) is 0 Å². The lowest BCUT2D eigenvalue weighted by molar-refractivity contribution is -0.138. The molecule has 1 aromatic carbocycles. The number of likely N-dealkylation sites (N-methyl/N-ethyl adjacent to an activating group) is 2. The zero-order chi connectivity index (χ0) is 16.5. The molecule has 2 amide bonds. The Kier molecular flexibility index (Phi) is 8.35. The Morgan fingerprint density at radius 2 is 1.77 bits per heavy atom. The van der Waals surface area contributed by atoms with Crippen molar-refractivity contribution in [2.75, 3.05) is 32.4 Å². The summed E-state index contributed by atoms with van der Waals surface area (Å²) in [6.45, 7) is 5.34. The Balaban J connectivity index is 2.38. The second-order valence-electron chi connectivity index (χ2n) is 4.84. The van der Waals surface area contributed by atoms with Crippen LogP contribution in [0.25, 0.3) is 0 Å². The smallest absolute Gasteiger partial charge is 0.242 e. The Morgan fingerprint density at radius 1 is 1.14 bits per heavy atom. The van der Waals surface area contributed by atoms with Gasteiger partial charge in [0.1, 0.15) is 0 Å². The van der Waals surface area contributed by atoms with E-state index in [2.05, 4.69) is 0 Å². The first-order valence-corrected chi connectivity index (χ1v) is 8.75. The predicted molar refractivity (Wildman–Crippen MR) is 92.4 cm³/mol. The summed E-state index contributed by atoms with van der Waals surface area (Å²) in [6.07, 6.45) is 0.387. The van der Waals surface area contributed by atoms with Gasteiger partial charge in [-0.15, -0.1) is 11.8 Å². The molecular formula is C16H23ClN2O2S. The molecule has 0 saturated carbocycles. The SMILES string of the molecule is CCN(CC)C(=O)CN(C)C(=O)CCSc1ccccc1Cl. The van der Waals surface area contributed by atoms with E-state index < -0.39 is 0 Å². The molecule has 0 unspecified atom stereocenters. The van der Waals surface area contributed by atoms with E-state index in [0.29, 0.717) is 30.3 Å². The molecule has 4 nitrogen and oxygen atoms in total. The Bertz CT molecular complexity index is 507. The van der Waals surface area contributed by atoms with E-state index in [9.17, 15) is 9.59 Å². The van der Waals surface area contributed by atoms with Crippen LogP contribution in [0.1, 0.15) is 20.3 Å². The van der Waals surface area contributed by atoms with E-state index in [-0.39, 0.29) is 18.4 Å². The summed E-state index contributed by atoms with van der Waals surface area (Å²) in [7, 11) is 1.67. The molecule has 0 aliphatic rings. The number of halogens is 1. The third kappa shape index (κ3) is 5.89. The van der Waals surface area contributed by atoms with Crippen LogP contribution >= 0.6 is 23.4 Å². The highest BCUT2D eigenvalue weighted by Crippen LogP contribution is 2.26. The van der Waals surface area contributed by atoms with Gasteiger partial charge in [-0.25, -0.2) is 0 Å². The number of carbonyl (C=O) groups is 2. The first-order chi connectivity index (χ1) is 10.5. The summed E-state index contributed by atoms with van der Waals surface area (Å²) >= 11 is 7.62. The van der Waals surface area contributed by atoms with Crippen molar-refractivity contribution in [3.8, 4) is 0 Å². The van der Waals surface area contributed by atoms with Gasteiger partial charge < -0.3 is 9.80 Å². The second-order valence-corrected chi connectivity index (χ2v) is 6.39. The van der Waals surface area contributed by atoms with Crippen LogP contribution in [0.5, 0.6) is 0 Å². The predicted octanol–water partition coefficient (Wildman–Crippen LogP) is 3.15. The standard InChI is InChI=1S/C16H23ClN2O2S/c1-4-19(5-2)16(21)12-18(3)15(20)10-11-22-14-9-7-6-8-13(14)17/h6-9H,4-5,10-12H2,1-3H3. The number of amides is 2. The van der Waals surface area contributed by atoms with Crippen molar-refractivity contribution in [1.29, 1.82) is 0 Å². The van der Waals surface area contributed by atoms with E-state index in [1.807, 2.05) is 38.1 Å². The molecule has 6 heteroatoms. The molecule has 0 spiro atoms. The van der Waals surface area contributed by atoms with Crippen LogP contribution < -0.4 is 0 Å². The van der Waals surface area contributed by atoms with Gasteiger partial charge in [0.15, 0.2) is 0 Å². The second kappa shape index (κ2) is 9.74. The average molecular weight is 343 g/mol. The molecule has 0 aliphatic carbocycles. The van der Waals surface area contributed by atoms with E-state index >= 15 is 0 Å². The maximum absolute atomic E-state index is 12.1. The molecule has 0 aliphatic heterocycles. The van der Waals surface area contributed by atoms with Crippen molar-refractivity contribution in [2.45, 2.75) is 25.2 Å². The molecule has 0 heterocycles. The first-order valence-electron chi connectivity index (χ1n) is 7.38. The number of hydrogen-bond acceptors (Lipinski definition) is 3. The first kappa shape index (κ1) is 18.8. The summed E-state index contributed by atoms with van der Waals surface area (Å²) in [5.74, 6) is 0.603. The third-order valence-corrected chi connectivity index (χ3v) is 4.84. The van der Waals surface area contributed by atoms with Gasteiger partial charge in [0, 0.05) is 37.2 Å². The van der Waals surface area contributed by atoms with Crippen molar-refractivity contribution >= 4 is 35.2 Å². The van der Waals surface area contributed by atoms with Gasteiger partial charge in [-0.05, 0) is 26.0 Å². The topological polar surface area (TPSA) is 40.6 Å². The van der Waals surface area contributed by atoms with Crippen molar-refractivity contribution in [2.24, 2.45) is 0 Å². The summed E-state index contributed by atoms with van der Waals surface area (Å²) < 4.78 is 0. The number of carbonyl (C=O) groups excluding carboxylic acids is 2. The van der Waals surface area contributed by atoms with Gasteiger partial charge in [-0.3, -0.25) is 9.59 Å². The van der Waals surface area contributed by atoms with E-state index in [4.69, 9.17) is 11.6 Å². The van der Waals surface area contributed by atoms with Gasteiger partial charge in [-0.2, -0.15) is 0 Å². The number of rotatable bonds is 8. The fourth-order valence-corrected chi connectivity index (χ4v) is 3.15. The molecule has 0 fully saturated rings. The van der Waals surface area contributed by atoms with Gasteiger partial charge >= 0.3 is 0 Å². The zero-order valence-electron chi connectivity index (χ0n) is 13.3. The molecule has 0 atom stereocenters. The molecule has 1 rings (SSSR count). The van der Waals surface area contributed by atoms with Crippen LogP contribution in [0, 0.1) is 0 Å². The van der Waals surface area contributed by atoms with E-state index in [1.165, 1.54) is 4.90 Å². The Hall–Kier alpha value is -1.20. The van der Waals surface area contributed by atoms with Gasteiger partial charge in [0.2, 0.25) is 11.8 Å². The minimum Gasteiger partial charge on any atom is -0.342 e. The highest BCUT2D eigenvalue weighted by Gasteiger charge is 2.16. The summed E-state index contributed by atoms with van der Waals surface area (Å²) in [5, 5.41) is 0.699. The largest absolute Gasteiger partial charge is 0.342 e. The van der Waals surface area contributed by atoms with Crippen molar-refractivity contribution in [3.05, 3.63) is 29.3 Å². The molecule has 0 radical (unpaired) electrons. The number of thioether (sulfide) groups is 1. The Labute approximate surface area is 141 Å². The van der Waals surface area contributed by atoms with Gasteiger partial charge in [-0.1, -0.05) is 23.7 Å². The molecule has 1 aromatic rings. The molecule has 0 N–H and O–H groups in total. The maximum atomic E-state index is 12.1. The monoisotopic (exact) mass is 342 g/mol. The lowest BCUT2D eigenvalue weighted by atomic mass is 10.3. The highest BCUT2D eigenvalue weighted by atomic mass is 35.5. The molecular weight excluding hydrogens is 320 g/mol. The molecule has 22 heavy (non-hydrogen) atoms. The van der Waals surface area contributed by atoms with Gasteiger partial charge in [0.05, 0.1) is 11.6 Å². The summed E-state index contributed by atoms with van der Waals surface area (Å²) in [6, 6.07) is 7.57. The van der Waals surface area contributed by atoms with Crippen LogP contribution in [0.4, 0.5) is 0 Å². The van der Waals surface area contributed by atoms with E-state index in [1.54, 1.807) is 23.7 Å². The average Bonchev–Trinajstić information content (AvgIpc) is 2.50. The number of hydrogen-bond donors (Lipinski definition) is 0. The number of benzene rings is 1. The number of nitrogens with zero attached hydrogens (tertiary/aromatic N) is 2. The fourth-order valence-electron chi connectivity index (χ4n) is 1.97. The summed E-state index contributed by atoms with van der Waals surface area (Å²) in [4.78, 5) is 28.2. The van der Waals surface area contributed by atoms with Crippen LogP contribution in [0.3, 0.4) is 0 Å². The molecule has 0 aromatic heterocycles. The van der Waals surface area contributed by atoms with Crippen molar-refractivity contribution in [3.63, 3.8) is 0 Å². The van der Waals surface area contributed by atoms with Crippen LogP contribution in [-0.4, -0.2) is 54.0 Å². The van der Waals surface area contributed by atoms with E-state index in [0.717, 1.165) is 4.90 Å². The summed E-state index contributed by atoms with van der Waals surface area (Å²) in [5.41, 5.74) is 0. The molecule has 0 saturated heterocycles. The van der Waals surface area contributed by atoms with Crippen molar-refractivity contribution in [1.82, 2.24) is 9.80 Å². The zero-order valence-corrected chi connectivity index (χ0v) is 14.9. The quantitative estimate of drug-likeness (QED) is 0.681. The highest BCUT2D eigenvalue weighted by molar-refractivity contribution is 7.99. The van der Waals surface area contributed by atoms with Crippen LogP contribution in [-0.2, 0) is 9.59 Å². The fraction of sp³-hybridized carbons (Fsp3) is 0.500.